The average Bonchev–Trinajstić information content (AvgIpc) is 2.71. The molecule has 5 heteroatoms. The van der Waals surface area contributed by atoms with Gasteiger partial charge in [0, 0.05) is 24.2 Å². The minimum Gasteiger partial charge on any atom is -0.330 e. The summed E-state index contributed by atoms with van der Waals surface area (Å²) in [5, 5.41) is 2.97. The Morgan fingerprint density at radius 2 is 2.06 bits per heavy atom. The maximum atomic E-state index is 12.8. The Bertz CT molecular complexity index is 556. The molecule has 0 radical (unpaired) electrons. The van der Waals surface area contributed by atoms with E-state index in [-0.39, 0.29) is 17.3 Å². The van der Waals surface area contributed by atoms with Gasteiger partial charge in [-0.15, -0.1) is 0 Å². The molecule has 90 valence electrons. The van der Waals surface area contributed by atoms with Gasteiger partial charge in [0.05, 0.1) is 5.69 Å². The molecular weight excluding hydrogens is 221 g/mol. The van der Waals surface area contributed by atoms with Crippen LogP contribution in [-0.2, 0) is 0 Å². The predicted octanol–water partition coefficient (Wildman–Crippen LogP) is 1.37. The summed E-state index contributed by atoms with van der Waals surface area (Å²) in [5.41, 5.74) is 6.75. The summed E-state index contributed by atoms with van der Waals surface area (Å²) in [4.78, 5) is 11.7. The van der Waals surface area contributed by atoms with Crippen LogP contribution in [0, 0.1) is 5.82 Å². The third kappa shape index (κ3) is 2.29. The lowest BCUT2D eigenvalue weighted by atomic mass is 10.1. The van der Waals surface area contributed by atoms with Gasteiger partial charge in [0.2, 0.25) is 0 Å². The van der Waals surface area contributed by atoms with Gasteiger partial charge in [-0.25, -0.2) is 9.07 Å². The van der Waals surface area contributed by atoms with Crippen LogP contribution in [0.5, 0.6) is 0 Å². The van der Waals surface area contributed by atoms with Gasteiger partial charge >= 0.3 is 0 Å². The van der Waals surface area contributed by atoms with E-state index in [2.05, 4.69) is 5.10 Å². The van der Waals surface area contributed by atoms with Crippen LogP contribution < -0.4 is 11.3 Å². The fourth-order valence-electron chi connectivity index (χ4n) is 1.58. The fourth-order valence-corrected chi connectivity index (χ4v) is 1.58. The summed E-state index contributed by atoms with van der Waals surface area (Å²) in [5.74, 6) is -0.242. The maximum absolute atomic E-state index is 12.8. The molecule has 0 saturated carbocycles. The van der Waals surface area contributed by atoms with Crippen LogP contribution in [0.1, 0.15) is 18.5 Å². The molecule has 0 spiro atoms. The highest BCUT2D eigenvalue weighted by Crippen LogP contribution is 2.11. The zero-order valence-corrected chi connectivity index (χ0v) is 9.48. The first-order valence-corrected chi connectivity index (χ1v) is 5.40. The fraction of sp³-hybridized carbons (Fsp3) is 0.250. The number of aromatic amines is 1. The summed E-state index contributed by atoms with van der Waals surface area (Å²) in [6, 6.07) is 7.23. The summed E-state index contributed by atoms with van der Waals surface area (Å²) in [6.07, 6.45) is 0. The maximum Gasteiger partial charge on any atom is 0.271 e. The second-order valence-corrected chi connectivity index (χ2v) is 4.00. The van der Waals surface area contributed by atoms with E-state index in [4.69, 9.17) is 5.73 Å². The van der Waals surface area contributed by atoms with Gasteiger partial charge in [-0.2, -0.15) is 0 Å². The Morgan fingerprint density at radius 1 is 1.41 bits per heavy atom. The van der Waals surface area contributed by atoms with Gasteiger partial charge in [-0.3, -0.25) is 9.89 Å². The van der Waals surface area contributed by atoms with Crippen molar-refractivity contribution < 1.29 is 4.39 Å². The summed E-state index contributed by atoms with van der Waals surface area (Å²) in [7, 11) is 0. The zero-order valence-electron chi connectivity index (χ0n) is 9.48. The number of nitrogens with two attached hydrogens (primary N) is 1. The van der Waals surface area contributed by atoms with Crippen molar-refractivity contribution in [1.82, 2.24) is 9.78 Å². The number of nitrogens with zero attached hydrogens (tertiary/aromatic N) is 1. The molecule has 0 bridgehead atoms. The van der Waals surface area contributed by atoms with Crippen molar-refractivity contribution in [3.05, 3.63) is 52.2 Å². The molecule has 1 unspecified atom stereocenters. The van der Waals surface area contributed by atoms with Crippen molar-refractivity contribution in [2.75, 3.05) is 6.54 Å². The Balaban J connectivity index is 2.42. The van der Waals surface area contributed by atoms with Crippen LogP contribution in [-0.4, -0.2) is 16.3 Å². The van der Waals surface area contributed by atoms with Crippen molar-refractivity contribution >= 4 is 0 Å². The Kier molecular flexibility index (Phi) is 3.10. The van der Waals surface area contributed by atoms with Crippen LogP contribution >= 0.6 is 0 Å². The first-order chi connectivity index (χ1) is 8.11. The number of hydrogen-bond donors (Lipinski definition) is 2. The standard InChI is InChI=1S/C12H14FN3O/c1-8(7-14)11-6-12(17)16(15-11)10-4-2-9(13)3-5-10/h2-6,8,15H,7,14H2,1H3. The number of halogens is 1. The molecular formula is C12H14FN3O. The van der Waals surface area contributed by atoms with Crippen LogP contribution in [0.2, 0.25) is 0 Å². The van der Waals surface area contributed by atoms with E-state index in [0.717, 1.165) is 5.69 Å². The van der Waals surface area contributed by atoms with E-state index < -0.39 is 0 Å². The minimum atomic E-state index is -0.330. The first kappa shape index (κ1) is 11.6. The van der Waals surface area contributed by atoms with E-state index in [1.807, 2.05) is 6.92 Å². The second-order valence-electron chi connectivity index (χ2n) is 4.00. The average molecular weight is 235 g/mol. The van der Waals surface area contributed by atoms with Crippen molar-refractivity contribution in [3.8, 4) is 5.69 Å². The molecule has 0 aliphatic rings. The third-order valence-corrected chi connectivity index (χ3v) is 2.71. The van der Waals surface area contributed by atoms with E-state index >= 15 is 0 Å². The Hall–Kier alpha value is -1.88. The van der Waals surface area contributed by atoms with Crippen LogP contribution in [0.4, 0.5) is 4.39 Å². The molecule has 0 aliphatic heterocycles. The molecule has 1 aromatic carbocycles. The van der Waals surface area contributed by atoms with Gasteiger partial charge in [-0.05, 0) is 24.3 Å². The summed E-state index contributed by atoms with van der Waals surface area (Å²) < 4.78 is 14.2. The smallest absolute Gasteiger partial charge is 0.271 e. The lowest BCUT2D eigenvalue weighted by Crippen LogP contribution is -2.13. The van der Waals surface area contributed by atoms with Crippen LogP contribution in [0.25, 0.3) is 5.69 Å². The highest BCUT2D eigenvalue weighted by Gasteiger charge is 2.09. The predicted molar refractivity (Wildman–Crippen MR) is 63.8 cm³/mol. The van der Waals surface area contributed by atoms with Crippen LogP contribution in [0.15, 0.2) is 35.1 Å². The van der Waals surface area contributed by atoms with Gasteiger partial charge < -0.3 is 5.73 Å². The molecule has 2 aromatic rings. The molecule has 17 heavy (non-hydrogen) atoms. The van der Waals surface area contributed by atoms with Gasteiger partial charge in [-0.1, -0.05) is 6.92 Å². The second kappa shape index (κ2) is 4.55. The van der Waals surface area contributed by atoms with Crippen molar-refractivity contribution in [2.45, 2.75) is 12.8 Å². The van der Waals surface area contributed by atoms with Gasteiger partial charge in [0.25, 0.3) is 5.56 Å². The SMILES string of the molecule is CC(CN)c1cc(=O)n(-c2ccc(F)cc2)[nH]1. The van der Waals surface area contributed by atoms with Crippen molar-refractivity contribution in [2.24, 2.45) is 5.73 Å². The van der Waals surface area contributed by atoms with E-state index in [1.54, 1.807) is 12.1 Å². The first-order valence-electron chi connectivity index (χ1n) is 5.40. The third-order valence-electron chi connectivity index (χ3n) is 2.71. The number of hydrogen-bond acceptors (Lipinski definition) is 2. The minimum absolute atomic E-state index is 0.0874. The molecule has 1 aromatic heterocycles. The largest absolute Gasteiger partial charge is 0.330 e. The molecule has 1 atom stereocenters. The van der Waals surface area contributed by atoms with E-state index in [0.29, 0.717) is 12.2 Å². The quantitative estimate of drug-likeness (QED) is 0.843. The van der Waals surface area contributed by atoms with Gasteiger partial charge in [0.15, 0.2) is 0 Å². The topological polar surface area (TPSA) is 63.8 Å². The molecule has 0 aliphatic carbocycles. The lowest BCUT2D eigenvalue weighted by Gasteiger charge is -2.05. The molecule has 3 N–H and O–H groups in total. The Morgan fingerprint density at radius 3 is 2.65 bits per heavy atom. The highest BCUT2D eigenvalue weighted by molar-refractivity contribution is 5.31. The number of benzene rings is 1. The number of H-pyrrole nitrogens is 1. The van der Waals surface area contributed by atoms with Crippen LogP contribution in [0.3, 0.4) is 0 Å². The Labute approximate surface area is 97.9 Å². The zero-order chi connectivity index (χ0) is 12.4. The number of rotatable bonds is 3. The molecule has 4 nitrogen and oxygen atoms in total. The number of aromatic nitrogens is 2. The van der Waals surface area contributed by atoms with Crippen molar-refractivity contribution in [3.63, 3.8) is 0 Å². The van der Waals surface area contributed by atoms with Crippen molar-refractivity contribution in [1.29, 1.82) is 0 Å². The molecule has 1 heterocycles. The summed E-state index contributed by atoms with van der Waals surface area (Å²) in [6.45, 7) is 2.39. The number of nitrogens with one attached hydrogen (secondary N) is 1. The lowest BCUT2D eigenvalue weighted by molar-refractivity contribution is 0.626. The summed E-state index contributed by atoms with van der Waals surface area (Å²) >= 11 is 0. The molecule has 2 rings (SSSR count). The normalized spacial score (nSPS) is 12.6. The highest BCUT2D eigenvalue weighted by atomic mass is 19.1. The van der Waals surface area contributed by atoms with E-state index in [9.17, 15) is 9.18 Å². The van der Waals surface area contributed by atoms with E-state index in [1.165, 1.54) is 22.9 Å². The monoisotopic (exact) mass is 235 g/mol. The molecule has 0 amide bonds. The molecule has 0 fully saturated rings. The molecule has 0 saturated heterocycles. The van der Waals surface area contributed by atoms with Gasteiger partial charge in [0.1, 0.15) is 5.82 Å².